The van der Waals surface area contributed by atoms with Gasteiger partial charge in [-0.25, -0.2) is 9.59 Å². The number of carbonyl (C=O) groups is 2. The first-order valence-electron chi connectivity index (χ1n) is 7.43. The second kappa shape index (κ2) is 7.13. The molecule has 1 aromatic heterocycles. The van der Waals surface area contributed by atoms with Crippen molar-refractivity contribution >= 4 is 23.0 Å². The Labute approximate surface area is 133 Å². The van der Waals surface area contributed by atoms with Crippen LogP contribution in [0.1, 0.15) is 20.3 Å². The van der Waals surface area contributed by atoms with Crippen LogP contribution in [0.3, 0.4) is 0 Å². The third kappa shape index (κ3) is 3.61. The van der Waals surface area contributed by atoms with Crippen molar-refractivity contribution in [2.24, 2.45) is 5.92 Å². The number of hydrogen-bond donors (Lipinski definition) is 1. The summed E-state index contributed by atoms with van der Waals surface area (Å²) in [5.41, 5.74) is 0.947. The Morgan fingerprint density at radius 3 is 2.70 bits per heavy atom. The first kappa shape index (κ1) is 16.8. The quantitative estimate of drug-likeness (QED) is 0.810. The fourth-order valence-corrected chi connectivity index (χ4v) is 2.32. The van der Waals surface area contributed by atoms with Gasteiger partial charge in [0, 0.05) is 0 Å². The van der Waals surface area contributed by atoms with Crippen LogP contribution in [0.4, 0.5) is 0 Å². The van der Waals surface area contributed by atoms with Gasteiger partial charge in [0.15, 0.2) is 5.58 Å². The van der Waals surface area contributed by atoms with Crippen LogP contribution in [0.25, 0.3) is 11.1 Å². The normalized spacial score (nSPS) is 13.5. The maximum absolute atomic E-state index is 12.2. The van der Waals surface area contributed by atoms with E-state index in [0.717, 1.165) is 0 Å². The van der Waals surface area contributed by atoms with E-state index in [9.17, 15) is 14.4 Å². The molecule has 124 valence electrons. The van der Waals surface area contributed by atoms with E-state index >= 15 is 0 Å². The van der Waals surface area contributed by atoms with E-state index in [-0.39, 0.29) is 12.5 Å². The topological polar surface area (TPSA) is 90.5 Å². The highest BCUT2D eigenvalue weighted by atomic mass is 16.5. The fraction of sp³-hybridized carbons (Fsp3) is 0.438. The summed E-state index contributed by atoms with van der Waals surface area (Å²) in [7, 11) is 1.28. The molecule has 2 aromatic rings. The van der Waals surface area contributed by atoms with E-state index in [1.54, 1.807) is 24.3 Å². The standard InChI is InChI=1S/C16H20N2O5/c1-4-10(2)14(15(20)22-3)17-13(19)9-18-11-7-5-6-8-12(11)23-16(18)21/h5-8,10,14H,4,9H2,1-3H3,(H,17,19)/t10-,14-/m0/s1. The van der Waals surface area contributed by atoms with Crippen LogP contribution in [0.5, 0.6) is 0 Å². The van der Waals surface area contributed by atoms with Gasteiger partial charge in [-0.3, -0.25) is 9.36 Å². The van der Waals surface area contributed by atoms with Crippen molar-refractivity contribution in [2.75, 3.05) is 7.11 Å². The first-order valence-corrected chi connectivity index (χ1v) is 7.43. The van der Waals surface area contributed by atoms with Gasteiger partial charge < -0.3 is 14.5 Å². The molecule has 23 heavy (non-hydrogen) atoms. The maximum Gasteiger partial charge on any atom is 0.420 e. The average molecular weight is 320 g/mol. The highest BCUT2D eigenvalue weighted by Crippen LogP contribution is 2.12. The van der Waals surface area contributed by atoms with Crippen LogP contribution in [0.2, 0.25) is 0 Å². The molecule has 0 aliphatic heterocycles. The lowest BCUT2D eigenvalue weighted by Gasteiger charge is -2.21. The predicted molar refractivity (Wildman–Crippen MR) is 83.9 cm³/mol. The van der Waals surface area contributed by atoms with Gasteiger partial charge in [-0.2, -0.15) is 0 Å². The van der Waals surface area contributed by atoms with Crippen molar-refractivity contribution < 1.29 is 18.7 Å². The number of nitrogens with one attached hydrogen (secondary N) is 1. The summed E-state index contributed by atoms with van der Waals surface area (Å²) in [4.78, 5) is 35.9. The molecule has 0 bridgehead atoms. The molecule has 7 heteroatoms. The smallest absolute Gasteiger partial charge is 0.420 e. The van der Waals surface area contributed by atoms with Crippen molar-refractivity contribution in [1.82, 2.24) is 9.88 Å². The number of esters is 1. The molecule has 0 unspecified atom stereocenters. The Hall–Kier alpha value is -2.57. The molecule has 0 aliphatic rings. The van der Waals surface area contributed by atoms with Crippen molar-refractivity contribution in [1.29, 1.82) is 0 Å². The van der Waals surface area contributed by atoms with E-state index < -0.39 is 23.7 Å². The van der Waals surface area contributed by atoms with E-state index in [2.05, 4.69) is 5.32 Å². The van der Waals surface area contributed by atoms with Crippen molar-refractivity contribution in [3.05, 3.63) is 34.8 Å². The van der Waals surface area contributed by atoms with Crippen LogP contribution < -0.4 is 11.1 Å². The summed E-state index contributed by atoms with van der Waals surface area (Å²) in [5.74, 6) is -1.64. The molecule has 2 atom stereocenters. The van der Waals surface area contributed by atoms with Crippen LogP contribution >= 0.6 is 0 Å². The van der Waals surface area contributed by atoms with Gasteiger partial charge in [0.05, 0.1) is 12.6 Å². The minimum Gasteiger partial charge on any atom is -0.467 e. The second-order valence-electron chi connectivity index (χ2n) is 5.38. The van der Waals surface area contributed by atoms with E-state index in [1.165, 1.54) is 11.7 Å². The number of fused-ring (bicyclic) bond motifs is 1. The summed E-state index contributed by atoms with van der Waals surface area (Å²) >= 11 is 0. The molecule has 0 spiro atoms. The third-order valence-corrected chi connectivity index (χ3v) is 3.86. The summed E-state index contributed by atoms with van der Waals surface area (Å²) in [6.45, 7) is 3.54. The van der Waals surface area contributed by atoms with Crippen molar-refractivity contribution in [2.45, 2.75) is 32.9 Å². The lowest BCUT2D eigenvalue weighted by molar-refractivity contribution is -0.146. The number of carbonyl (C=O) groups excluding carboxylic acids is 2. The van der Waals surface area contributed by atoms with Crippen LogP contribution in [-0.2, 0) is 20.9 Å². The van der Waals surface area contributed by atoms with E-state index in [0.29, 0.717) is 17.5 Å². The average Bonchev–Trinajstić information content (AvgIpc) is 2.87. The van der Waals surface area contributed by atoms with Crippen LogP contribution in [0.15, 0.2) is 33.5 Å². The predicted octanol–water partition coefficient (Wildman–Crippen LogP) is 1.30. The molecule has 0 radical (unpaired) electrons. The second-order valence-corrected chi connectivity index (χ2v) is 5.38. The molecular weight excluding hydrogens is 300 g/mol. The molecule has 1 amide bonds. The number of nitrogens with zero attached hydrogens (tertiary/aromatic N) is 1. The van der Waals surface area contributed by atoms with Crippen molar-refractivity contribution in [3.63, 3.8) is 0 Å². The molecule has 0 fully saturated rings. The maximum atomic E-state index is 12.2. The Balaban J connectivity index is 2.18. The van der Waals surface area contributed by atoms with E-state index in [4.69, 9.17) is 9.15 Å². The zero-order valence-electron chi connectivity index (χ0n) is 13.4. The molecular formula is C16H20N2O5. The number of para-hydroxylation sites is 2. The summed E-state index contributed by atoms with van der Waals surface area (Å²) in [6.07, 6.45) is 0.703. The monoisotopic (exact) mass is 320 g/mol. The minimum atomic E-state index is -0.744. The molecule has 0 saturated carbocycles. The Morgan fingerprint density at radius 2 is 2.04 bits per heavy atom. The van der Waals surface area contributed by atoms with Gasteiger partial charge in [-0.15, -0.1) is 0 Å². The molecule has 1 aromatic carbocycles. The molecule has 7 nitrogen and oxygen atoms in total. The molecule has 2 rings (SSSR count). The minimum absolute atomic E-state index is 0.0794. The Morgan fingerprint density at radius 1 is 1.35 bits per heavy atom. The number of hydrogen-bond acceptors (Lipinski definition) is 5. The fourth-order valence-electron chi connectivity index (χ4n) is 2.32. The largest absolute Gasteiger partial charge is 0.467 e. The number of rotatable bonds is 6. The summed E-state index contributed by atoms with van der Waals surface area (Å²) < 4.78 is 11.0. The molecule has 0 aliphatic carbocycles. The third-order valence-electron chi connectivity index (χ3n) is 3.86. The lowest BCUT2D eigenvalue weighted by Crippen LogP contribution is -2.47. The van der Waals surface area contributed by atoms with Gasteiger partial charge >= 0.3 is 11.7 Å². The number of methoxy groups -OCH3 is 1. The number of amides is 1. The molecule has 1 heterocycles. The SMILES string of the molecule is CC[C@H](C)[C@H](NC(=O)Cn1c(=O)oc2ccccc21)C(=O)OC. The number of oxazole rings is 1. The zero-order chi connectivity index (χ0) is 17.0. The number of benzene rings is 1. The van der Waals surface area contributed by atoms with E-state index in [1.807, 2.05) is 13.8 Å². The first-order chi connectivity index (χ1) is 11.0. The summed E-state index contributed by atoms with van der Waals surface area (Å²) in [5, 5.41) is 2.63. The van der Waals surface area contributed by atoms with Gasteiger partial charge in [0.2, 0.25) is 5.91 Å². The molecule has 0 saturated heterocycles. The highest BCUT2D eigenvalue weighted by molar-refractivity contribution is 5.85. The van der Waals surface area contributed by atoms with Gasteiger partial charge in [-0.05, 0) is 18.1 Å². The van der Waals surface area contributed by atoms with Gasteiger partial charge in [0.25, 0.3) is 0 Å². The van der Waals surface area contributed by atoms with Crippen LogP contribution in [-0.4, -0.2) is 29.6 Å². The highest BCUT2D eigenvalue weighted by Gasteiger charge is 2.27. The summed E-state index contributed by atoms with van der Waals surface area (Å²) in [6, 6.07) is 6.10. The van der Waals surface area contributed by atoms with Gasteiger partial charge in [-0.1, -0.05) is 32.4 Å². The number of aromatic nitrogens is 1. The number of ether oxygens (including phenoxy) is 1. The Kier molecular flexibility index (Phi) is 5.20. The zero-order valence-corrected chi connectivity index (χ0v) is 13.4. The van der Waals surface area contributed by atoms with Crippen LogP contribution in [0, 0.1) is 5.92 Å². The molecule has 1 N–H and O–H groups in total. The Bertz CT molecular complexity index is 761. The van der Waals surface area contributed by atoms with Crippen molar-refractivity contribution in [3.8, 4) is 0 Å². The van der Waals surface area contributed by atoms with Gasteiger partial charge in [0.1, 0.15) is 12.6 Å². The lowest BCUT2D eigenvalue weighted by atomic mass is 9.99.